The van der Waals surface area contributed by atoms with Gasteiger partial charge in [0.15, 0.2) is 8.38 Å². The molecule has 0 aliphatic rings. The van der Waals surface area contributed by atoms with Crippen molar-refractivity contribution in [3.63, 3.8) is 0 Å². The molecule has 0 amide bonds. The largest absolute Gasteiger partial charge is 0.460 e. The van der Waals surface area contributed by atoms with Gasteiger partial charge >= 0.3 is 5.97 Å². The molecule has 0 aromatic heterocycles. The monoisotopic (exact) mass is 245 g/mol. The number of hydrogen-bond acceptors (Lipinski definition) is 5. The third-order valence-electron chi connectivity index (χ3n) is 1.42. The highest BCUT2D eigenvalue weighted by molar-refractivity contribution is 7.46. The molecule has 0 fully saturated rings. The third kappa shape index (κ3) is 8.37. The van der Waals surface area contributed by atoms with Crippen LogP contribution in [-0.4, -0.2) is 32.5 Å². The fourth-order valence-electron chi connectivity index (χ4n) is 0.680. The number of nitrogens with zero attached hydrogens (tertiary/aromatic N) is 1. The van der Waals surface area contributed by atoms with Crippen molar-refractivity contribution in [2.75, 3.05) is 26.5 Å². The van der Waals surface area contributed by atoms with Gasteiger partial charge in [-0.25, -0.2) is 4.79 Å². The number of hydrogen-bond donors (Lipinski definition) is 0. The van der Waals surface area contributed by atoms with Crippen molar-refractivity contribution >= 4 is 14.3 Å². The number of nitriles is 1. The smallest absolute Gasteiger partial charge is 0.333 e. The van der Waals surface area contributed by atoms with Crippen molar-refractivity contribution in [2.45, 2.75) is 13.3 Å². The predicted molar refractivity (Wildman–Crippen MR) is 60.8 cm³/mol. The molecule has 0 aliphatic carbocycles. The Kier molecular flexibility index (Phi) is 8.74. The van der Waals surface area contributed by atoms with Crippen molar-refractivity contribution in [2.24, 2.45) is 0 Å². The van der Waals surface area contributed by atoms with Crippen LogP contribution in [0.1, 0.15) is 13.3 Å². The van der Waals surface area contributed by atoms with Gasteiger partial charge in [0, 0.05) is 12.2 Å². The fraction of sp³-hybridized carbons (Fsp3) is 0.600. The van der Waals surface area contributed by atoms with Crippen molar-refractivity contribution in [3.05, 3.63) is 12.2 Å². The van der Waals surface area contributed by atoms with Gasteiger partial charge in [0.2, 0.25) is 0 Å². The normalized spacial score (nSPS) is 11.6. The first-order valence-corrected chi connectivity index (χ1v) is 6.39. The highest BCUT2D eigenvalue weighted by Gasteiger charge is 2.05. The van der Waals surface area contributed by atoms with Crippen molar-refractivity contribution in [1.29, 1.82) is 5.26 Å². The molecule has 0 aliphatic heterocycles. The molecule has 0 spiro atoms. The summed E-state index contributed by atoms with van der Waals surface area (Å²) >= 11 is 0. The van der Waals surface area contributed by atoms with Crippen LogP contribution in [0.3, 0.4) is 0 Å². The zero-order chi connectivity index (χ0) is 12.4. The van der Waals surface area contributed by atoms with Gasteiger partial charge in [-0.1, -0.05) is 6.58 Å². The number of ether oxygens (including phenoxy) is 1. The summed E-state index contributed by atoms with van der Waals surface area (Å²) in [4.78, 5) is 11.0. The summed E-state index contributed by atoms with van der Waals surface area (Å²) in [5, 5.41) is 8.28. The molecule has 0 aromatic rings. The number of rotatable bonds is 8. The summed E-state index contributed by atoms with van der Waals surface area (Å²) in [5.74, 6) is -0.422. The van der Waals surface area contributed by atoms with Crippen LogP contribution < -0.4 is 0 Å². The summed E-state index contributed by atoms with van der Waals surface area (Å²) in [6, 6.07) is 1.97. The van der Waals surface area contributed by atoms with E-state index >= 15 is 0 Å². The molecule has 5 nitrogen and oxygen atoms in total. The minimum Gasteiger partial charge on any atom is -0.460 e. The Balaban J connectivity index is 3.41. The molecular weight excluding hydrogens is 229 g/mol. The van der Waals surface area contributed by atoms with Gasteiger partial charge in [-0.05, 0) is 6.92 Å². The molecule has 0 heterocycles. The van der Waals surface area contributed by atoms with Gasteiger partial charge < -0.3 is 13.8 Å². The maximum absolute atomic E-state index is 11.0. The number of carbonyl (C=O) groups excluding carboxylic acids is 1. The minimum absolute atomic E-state index is 0.181. The lowest BCUT2D eigenvalue weighted by molar-refractivity contribution is -0.139. The first kappa shape index (κ1) is 15.0. The molecule has 1 unspecified atom stereocenters. The quantitative estimate of drug-likeness (QED) is 0.283. The van der Waals surface area contributed by atoms with Crippen LogP contribution in [0.25, 0.3) is 0 Å². The van der Waals surface area contributed by atoms with Crippen LogP contribution in [-0.2, 0) is 18.6 Å². The molecule has 6 heteroatoms. The lowest BCUT2D eigenvalue weighted by Crippen LogP contribution is -2.10. The van der Waals surface area contributed by atoms with Gasteiger partial charge in [-0.15, -0.1) is 0 Å². The van der Waals surface area contributed by atoms with Crippen LogP contribution in [0.5, 0.6) is 0 Å². The predicted octanol–water partition coefficient (Wildman–Crippen LogP) is 1.99. The first-order chi connectivity index (χ1) is 7.57. The second-order valence-electron chi connectivity index (χ2n) is 2.93. The van der Waals surface area contributed by atoms with Crippen LogP contribution in [0.15, 0.2) is 12.2 Å². The van der Waals surface area contributed by atoms with E-state index in [1.807, 2.05) is 6.07 Å². The Labute approximate surface area is 96.9 Å². The average Bonchev–Trinajstić information content (AvgIpc) is 2.24. The highest BCUT2D eigenvalue weighted by Crippen LogP contribution is 2.32. The van der Waals surface area contributed by atoms with Crippen LogP contribution in [0.2, 0.25) is 0 Å². The Hall–Kier alpha value is -0.950. The lowest BCUT2D eigenvalue weighted by atomic mass is 10.4. The molecule has 0 N–H and O–H groups in total. The topological polar surface area (TPSA) is 68.6 Å². The highest BCUT2D eigenvalue weighted by atomic mass is 31.2. The zero-order valence-corrected chi connectivity index (χ0v) is 10.5. The van der Waals surface area contributed by atoms with E-state index in [4.69, 9.17) is 19.0 Å². The second kappa shape index (κ2) is 9.29. The van der Waals surface area contributed by atoms with E-state index < -0.39 is 14.3 Å². The van der Waals surface area contributed by atoms with Gasteiger partial charge in [-0.3, -0.25) is 0 Å². The van der Waals surface area contributed by atoms with E-state index in [9.17, 15) is 4.79 Å². The molecule has 0 rings (SSSR count). The van der Waals surface area contributed by atoms with E-state index in [2.05, 4.69) is 6.58 Å². The van der Waals surface area contributed by atoms with Crippen LogP contribution in [0, 0.1) is 11.3 Å². The fourth-order valence-corrected chi connectivity index (χ4v) is 1.44. The van der Waals surface area contributed by atoms with Gasteiger partial charge in [0.05, 0.1) is 25.7 Å². The number of carbonyl (C=O) groups is 1. The van der Waals surface area contributed by atoms with Crippen molar-refractivity contribution in [1.82, 2.24) is 0 Å². The summed E-state index contributed by atoms with van der Waals surface area (Å²) in [6.07, 6.45) is 0.348. The Morgan fingerprint density at radius 3 is 2.56 bits per heavy atom. The van der Waals surface area contributed by atoms with E-state index in [-0.39, 0.29) is 13.2 Å². The summed E-state index contributed by atoms with van der Waals surface area (Å²) < 4.78 is 15.3. The minimum atomic E-state index is -1.00. The zero-order valence-electron chi connectivity index (χ0n) is 9.56. The molecular formula is C10H16NO4P. The van der Waals surface area contributed by atoms with Crippen LogP contribution in [0.4, 0.5) is 0 Å². The first-order valence-electron chi connectivity index (χ1n) is 4.77. The summed E-state index contributed by atoms with van der Waals surface area (Å²) in [5.41, 5.74) is 0.365. The molecule has 0 radical (unpaired) electrons. The average molecular weight is 245 g/mol. The molecule has 0 saturated heterocycles. The number of esters is 1. The van der Waals surface area contributed by atoms with E-state index in [1.165, 1.54) is 0 Å². The lowest BCUT2D eigenvalue weighted by Gasteiger charge is -2.12. The third-order valence-corrected chi connectivity index (χ3v) is 2.52. The Morgan fingerprint density at radius 2 is 2.00 bits per heavy atom. The standard InChI is InChI=1S/C10H16NO4P/c1-9(2)10(12)13-7-8-15-16(3)14-6-4-5-11/h1,4,6-8H2,2-3H3. The van der Waals surface area contributed by atoms with Crippen molar-refractivity contribution < 1.29 is 18.6 Å². The van der Waals surface area contributed by atoms with Crippen molar-refractivity contribution in [3.8, 4) is 6.07 Å². The molecule has 0 aromatic carbocycles. The molecule has 16 heavy (non-hydrogen) atoms. The molecule has 0 saturated carbocycles. The Bertz CT molecular complexity index is 274. The molecule has 1 atom stereocenters. The maximum atomic E-state index is 11.0. The summed E-state index contributed by atoms with van der Waals surface area (Å²) in [6.45, 7) is 7.65. The van der Waals surface area contributed by atoms with Gasteiger partial charge in [-0.2, -0.15) is 5.26 Å². The van der Waals surface area contributed by atoms with Gasteiger partial charge in [0.1, 0.15) is 6.61 Å². The molecule has 90 valence electrons. The van der Waals surface area contributed by atoms with Gasteiger partial charge in [0.25, 0.3) is 0 Å². The van der Waals surface area contributed by atoms with E-state index in [0.717, 1.165) is 0 Å². The van der Waals surface area contributed by atoms with E-state index in [0.29, 0.717) is 18.6 Å². The van der Waals surface area contributed by atoms with E-state index in [1.54, 1.807) is 13.6 Å². The SMILES string of the molecule is C=C(C)C(=O)OCCOP(C)OCCC#N. The Morgan fingerprint density at radius 1 is 1.38 bits per heavy atom. The van der Waals surface area contributed by atoms with Crippen LogP contribution >= 0.6 is 8.38 Å². The second-order valence-corrected chi connectivity index (χ2v) is 4.33. The maximum Gasteiger partial charge on any atom is 0.333 e. The molecule has 0 bridgehead atoms. The summed E-state index contributed by atoms with van der Waals surface area (Å²) in [7, 11) is -1.00.